The highest BCUT2D eigenvalue weighted by atomic mass is 16.6. The topological polar surface area (TPSA) is 102 Å². The van der Waals surface area contributed by atoms with Crippen molar-refractivity contribution in [3.05, 3.63) is 97.2 Å². The molecule has 2 unspecified atom stereocenters. The molecule has 0 bridgehead atoms. The summed E-state index contributed by atoms with van der Waals surface area (Å²) >= 11 is 0. The molecule has 0 amide bonds. The first-order valence-electron chi connectivity index (χ1n) is 18.3. The third kappa shape index (κ3) is 30.3. The average Bonchev–Trinajstić information content (AvgIpc) is 3.06. The second-order valence-corrected chi connectivity index (χ2v) is 12.7. The van der Waals surface area contributed by atoms with Gasteiger partial charge in [0.2, 0.25) is 0 Å². The van der Waals surface area contributed by atoms with E-state index in [1.807, 2.05) is 24.3 Å². The molecule has 0 aliphatic rings. The smallest absolute Gasteiger partial charge is 0.306 e. The molecule has 2 atom stereocenters. The highest BCUT2D eigenvalue weighted by molar-refractivity contribution is 5.70. The first-order valence-corrected chi connectivity index (χ1v) is 18.3. The number of allylic oxidation sites excluding steroid dienone is 16. The summed E-state index contributed by atoms with van der Waals surface area (Å²) in [6, 6.07) is -0.748. The summed E-state index contributed by atoms with van der Waals surface area (Å²) in [5.41, 5.74) is 0. The van der Waals surface area contributed by atoms with E-state index < -0.39 is 30.1 Å². The lowest BCUT2D eigenvalue weighted by atomic mass is 10.1. The molecule has 0 heterocycles. The molecule has 0 aromatic heterocycles. The molecule has 0 aromatic carbocycles. The van der Waals surface area contributed by atoms with Crippen LogP contribution in [0.15, 0.2) is 97.2 Å². The molecule has 280 valence electrons. The van der Waals surface area contributed by atoms with E-state index in [0.29, 0.717) is 12.8 Å². The molecule has 0 aliphatic heterocycles. The highest BCUT2D eigenvalue weighted by Gasteiger charge is 2.25. The van der Waals surface area contributed by atoms with Crippen LogP contribution in [0.1, 0.15) is 97.3 Å². The quantitative estimate of drug-likeness (QED) is 0.0327. The van der Waals surface area contributed by atoms with E-state index in [-0.39, 0.29) is 43.6 Å². The number of carboxylic acid groups (broad SMARTS) is 1. The van der Waals surface area contributed by atoms with Crippen LogP contribution in [0, 0.1) is 0 Å². The molecule has 50 heavy (non-hydrogen) atoms. The van der Waals surface area contributed by atoms with Crippen molar-refractivity contribution in [3.8, 4) is 0 Å². The van der Waals surface area contributed by atoms with Crippen LogP contribution in [0.3, 0.4) is 0 Å². The van der Waals surface area contributed by atoms with Gasteiger partial charge in [-0.3, -0.25) is 9.59 Å². The summed E-state index contributed by atoms with van der Waals surface area (Å²) in [5, 5.41) is 11.5. The molecule has 0 rings (SSSR count). The molecule has 0 N–H and O–H groups in total. The number of esters is 2. The van der Waals surface area contributed by atoms with Crippen molar-refractivity contribution in [2.24, 2.45) is 0 Å². The Bertz CT molecular complexity index is 1140. The van der Waals surface area contributed by atoms with Crippen LogP contribution in [0.25, 0.3) is 0 Å². The normalized spacial score (nSPS) is 14.2. The van der Waals surface area contributed by atoms with Crippen LogP contribution in [-0.2, 0) is 28.6 Å². The molecular formula is C42H65NO7. The van der Waals surface area contributed by atoms with Crippen LogP contribution >= 0.6 is 0 Å². The number of carboxylic acids is 1. The van der Waals surface area contributed by atoms with Gasteiger partial charge in [-0.15, -0.1) is 0 Å². The van der Waals surface area contributed by atoms with Gasteiger partial charge in [-0.05, 0) is 64.2 Å². The Labute approximate surface area is 303 Å². The minimum Gasteiger partial charge on any atom is -0.544 e. The van der Waals surface area contributed by atoms with Gasteiger partial charge in [0, 0.05) is 19.3 Å². The minimum absolute atomic E-state index is 0.0132. The van der Waals surface area contributed by atoms with E-state index >= 15 is 0 Å². The van der Waals surface area contributed by atoms with Crippen molar-refractivity contribution >= 4 is 17.9 Å². The molecule has 0 spiro atoms. The average molecular weight is 696 g/mol. The summed E-state index contributed by atoms with van der Waals surface area (Å²) in [6.45, 7) is 4.20. The Morgan fingerprint density at radius 3 is 1.38 bits per heavy atom. The maximum absolute atomic E-state index is 12.5. The molecule has 0 saturated carbocycles. The molecule has 0 fully saturated rings. The maximum Gasteiger partial charge on any atom is 0.306 e. The highest BCUT2D eigenvalue weighted by Crippen LogP contribution is 2.09. The van der Waals surface area contributed by atoms with E-state index in [4.69, 9.17) is 14.2 Å². The lowest BCUT2D eigenvalue weighted by Crippen LogP contribution is -2.55. The van der Waals surface area contributed by atoms with E-state index in [9.17, 15) is 19.5 Å². The Hall–Kier alpha value is -3.75. The Morgan fingerprint density at radius 2 is 0.980 bits per heavy atom. The predicted octanol–water partition coefficient (Wildman–Crippen LogP) is 7.84. The van der Waals surface area contributed by atoms with Gasteiger partial charge in [0.1, 0.15) is 12.6 Å². The van der Waals surface area contributed by atoms with Gasteiger partial charge in [-0.1, -0.05) is 111 Å². The van der Waals surface area contributed by atoms with Gasteiger partial charge in [0.15, 0.2) is 6.10 Å². The Kier molecular flexibility index (Phi) is 30.0. The second-order valence-electron chi connectivity index (χ2n) is 12.7. The zero-order valence-corrected chi connectivity index (χ0v) is 31.5. The number of ether oxygens (including phenoxy) is 3. The number of likely N-dealkylation sites (N-methyl/N-ethyl adjacent to an activating group) is 1. The molecule has 0 aliphatic carbocycles. The van der Waals surface area contributed by atoms with Gasteiger partial charge in [0.25, 0.3) is 0 Å². The summed E-state index contributed by atoms with van der Waals surface area (Å²) in [5.74, 6) is -1.96. The Morgan fingerprint density at radius 1 is 0.580 bits per heavy atom. The van der Waals surface area contributed by atoms with Crippen LogP contribution in [-0.4, -0.2) is 75.5 Å². The van der Waals surface area contributed by atoms with Crippen LogP contribution in [0.5, 0.6) is 0 Å². The summed E-state index contributed by atoms with van der Waals surface area (Å²) in [7, 11) is 5.33. The third-order valence-electron chi connectivity index (χ3n) is 7.24. The summed E-state index contributed by atoms with van der Waals surface area (Å²) < 4.78 is 16.8. The lowest BCUT2D eigenvalue weighted by molar-refractivity contribution is -0.889. The van der Waals surface area contributed by atoms with Gasteiger partial charge < -0.3 is 28.6 Å². The third-order valence-corrected chi connectivity index (χ3v) is 7.24. The van der Waals surface area contributed by atoms with E-state index in [0.717, 1.165) is 51.4 Å². The number of quaternary nitrogens is 1. The first-order chi connectivity index (χ1) is 24.1. The van der Waals surface area contributed by atoms with Crippen molar-refractivity contribution in [2.75, 3.05) is 41.0 Å². The van der Waals surface area contributed by atoms with Crippen molar-refractivity contribution in [3.63, 3.8) is 0 Å². The predicted molar refractivity (Wildman–Crippen MR) is 203 cm³/mol. The summed E-state index contributed by atoms with van der Waals surface area (Å²) in [6.07, 6.45) is 42.1. The lowest BCUT2D eigenvalue weighted by Gasteiger charge is -2.34. The number of aliphatic carboxylic acids is 1. The molecular weight excluding hydrogens is 630 g/mol. The van der Waals surface area contributed by atoms with Crippen molar-refractivity contribution in [1.82, 2.24) is 0 Å². The largest absolute Gasteiger partial charge is 0.544 e. The number of hydrogen-bond acceptors (Lipinski definition) is 7. The fraction of sp³-hybridized carbons (Fsp3) is 0.548. The van der Waals surface area contributed by atoms with Gasteiger partial charge in [-0.2, -0.15) is 0 Å². The fourth-order valence-corrected chi connectivity index (χ4v) is 4.45. The zero-order chi connectivity index (χ0) is 37.1. The Balaban J connectivity index is 4.52. The monoisotopic (exact) mass is 695 g/mol. The molecule has 0 saturated heterocycles. The fourth-order valence-electron chi connectivity index (χ4n) is 4.45. The molecule has 8 heteroatoms. The van der Waals surface area contributed by atoms with Crippen LogP contribution in [0.2, 0.25) is 0 Å². The van der Waals surface area contributed by atoms with Gasteiger partial charge in [0.05, 0.1) is 40.3 Å². The SMILES string of the molecule is CC/C=C/C/C=C/C/C=C/C/C=C/C/C=C/C/C=C/CCC(=O)OCC(COCCC(C(=O)[O-])[N+](C)(C)C)OC(=O)CC/C=C/C/C=C/CC. The molecule has 0 aromatic rings. The minimum atomic E-state index is -1.15. The molecule has 8 nitrogen and oxygen atoms in total. The van der Waals surface area contributed by atoms with E-state index in [2.05, 4.69) is 86.8 Å². The van der Waals surface area contributed by atoms with Crippen LogP contribution in [0.4, 0.5) is 0 Å². The van der Waals surface area contributed by atoms with Gasteiger partial charge >= 0.3 is 11.9 Å². The number of nitrogens with zero attached hydrogens (tertiary/aromatic N) is 1. The summed E-state index contributed by atoms with van der Waals surface area (Å²) in [4.78, 5) is 36.4. The number of carbonyl (C=O) groups is 3. The van der Waals surface area contributed by atoms with Crippen molar-refractivity contribution < 1.29 is 38.2 Å². The van der Waals surface area contributed by atoms with E-state index in [1.165, 1.54) is 0 Å². The number of carbonyl (C=O) groups excluding carboxylic acids is 3. The van der Waals surface area contributed by atoms with E-state index in [1.54, 1.807) is 21.1 Å². The maximum atomic E-state index is 12.5. The molecule has 0 radical (unpaired) electrons. The van der Waals surface area contributed by atoms with Crippen molar-refractivity contribution in [2.45, 2.75) is 109 Å². The second kappa shape index (κ2) is 32.5. The van der Waals surface area contributed by atoms with Gasteiger partial charge in [-0.25, -0.2) is 0 Å². The number of rotatable bonds is 30. The standard InChI is InChI=1S/C42H65NO7/c1-6-8-10-12-14-15-16-17-18-19-20-21-22-23-24-25-27-28-30-32-40(44)49-37-38(36-48-35-34-39(42(46)47)43(3,4)5)50-41(45)33-31-29-26-13-11-9-7-2/h8-11,14-15,17-18,20-21,23-24,26-29,38-39H,6-7,12-13,16,19,22,25,30-37H2,1-5H3/b10-8+,11-9+,15-14+,18-17+,21-20+,24-23+,28-27+,29-26+. The van der Waals surface area contributed by atoms with Crippen LogP contribution < -0.4 is 5.11 Å². The van der Waals surface area contributed by atoms with Crippen molar-refractivity contribution in [1.29, 1.82) is 0 Å². The first kappa shape index (κ1) is 46.2. The number of hydrogen-bond donors (Lipinski definition) is 0. The zero-order valence-electron chi connectivity index (χ0n) is 31.5.